The van der Waals surface area contributed by atoms with Crippen molar-refractivity contribution in [2.24, 2.45) is 0 Å². The van der Waals surface area contributed by atoms with Crippen LogP contribution in [0, 0.1) is 0 Å². The third-order valence-corrected chi connectivity index (χ3v) is 6.74. The Hall–Kier alpha value is -0.740. The van der Waals surface area contributed by atoms with Crippen LogP contribution in [0.3, 0.4) is 0 Å². The van der Waals surface area contributed by atoms with Gasteiger partial charge in [0.25, 0.3) is 10.1 Å². The number of hydrogen-bond acceptors (Lipinski definition) is 6. The summed E-state index contributed by atoms with van der Waals surface area (Å²) in [6, 6.07) is 12.2. The number of unbranched alkanes of at least 4 members (excludes halogenated alkanes) is 5. The Balaban J connectivity index is 0.00000420. The minimum absolute atomic E-state index is 0. The monoisotopic (exact) mass is 448 g/mol. The van der Waals surface area contributed by atoms with Gasteiger partial charge in [-0.25, -0.2) is 8.42 Å². The van der Waals surface area contributed by atoms with Crippen molar-refractivity contribution in [2.45, 2.75) is 55.2 Å². The van der Waals surface area contributed by atoms with Gasteiger partial charge < -0.3 is 4.55 Å². The van der Waals surface area contributed by atoms with Crippen LogP contribution in [0.25, 0.3) is 11.1 Å². The van der Waals surface area contributed by atoms with Crippen LogP contribution in [0.2, 0.25) is 0 Å². The maximum absolute atomic E-state index is 12.8. The van der Waals surface area contributed by atoms with Gasteiger partial charge in [-0.1, -0.05) is 81.5 Å². The van der Waals surface area contributed by atoms with E-state index in [1.54, 1.807) is 30.3 Å². The molecule has 29 heavy (non-hydrogen) atoms. The Morgan fingerprint density at radius 2 is 1.45 bits per heavy atom. The van der Waals surface area contributed by atoms with Gasteiger partial charge in [0.15, 0.2) is 0 Å². The van der Waals surface area contributed by atoms with Gasteiger partial charge in [0.2, 0.25) is 0 Å². The molecule has 6 nitrogen and oxygen atoms in total. The Labute approximate surface area is 195 Å². The maximum Gasteiger partial charge on any atom is 1.00 e. The molecule has 0 amide bonds. The molecule has 0 aliphatic rings. The molecule has 0 bridgehead atoms. The van der Waals surface area contributed by atoms with Crippen molar-refractivity contribution < 1.29 is 55.1 Å². The summed E-state index contributed by atoms with van der Waals surface area (Å²) in [7, 11) is -9.43. The summed E-state index contributed by atoms with van der Waals surface area (Å²) in [5.41, 5.74) is 0.607. The minimum Gasteiger partial charge on any atom is -0.744 e. The molecule has 0 radical (unpaired) electrons. The van der Waals surface area contributed by atoms with E-state index >= 15 is 0 Å². The molecule has 0 saturated heterocycles. The molecule has 0 heterocycles. The predicted molar refractivity (Wildman–Crippen MR) is 106 cm³/mol. The molecule has 2 aromatic rings. The van der Waals surface area contributed by atoms with E-state index in [1.807, 2.05) is 0 Å². The molecule has 9 heteroatoms. The van der Waals surface area contributed by atoms with Crippen LogP contribution in [0.15, 0.2) is 58.3 Å². The van der Waals surface area contributed by atoms with Gasteiger partial charge in [0, 0.05) is 5.56 Å². The van der Waals surface area contributed by atoms with E-state index in [-0.39, 0.29) is 41.7 Å². The quantitative estimate of drug-likeness (QED) is 0.223. The van der Waals surface area contributed by atoms with Crippen LogP contribution in [-0.4, -0.2) is 28.0 Å². The molecule has 2 rings (SSSR count). The first-order chi connectivity index (χ1) is 13.3. The number of rotatable bonds is 11. The van der Waals surface area contributed by atoms with Gasteiger partial charge in [-0.15, -0.1) is 0 Å². The predicted octanol–water partition coefficient (Wildman–Crippen LogP) is 1.33. The van der Waals surface area contributed by atoms with Crippen molar-refractivity contribution in [3.05, 3.63) is 48.5 Å². The number of hydrogen-bond donors (Lipinski definition) is 0. The smallest absolute Gasteiger partial charge is 0.744 e. The van der Waals surface area contributed by atoms with Gasteiger partial charge in [0.05, 0.1) is 11.5 Å². The van der Waals surface area contributed by atoms with E-state index in [2.05, 4.69) is 6.92 Å². The molecule has 0 aliphatic carbocycles. The van der Waals surface area contributed by atoms with Crippen LogP contribution >= 0.6 is 0 Å². The second kappa shape index (κ2) is 12.2. The molecule has 2 aromatic carbocycles. The zero-order valence-corrected chi connectivity index (χ0v) is 20.5. The summed E-state index contributed by atoms with van der Waals surface area (Å²) in [5, 5.41) is 0. The molecule has 0 aliphatic heterocycles. The minimum atomic E-state index is -5.00. The zero-order chi connectivity index (χ0) is 20.6. The summed E-state index contributed by atoms with van der Waals surface area (Å²) in [6.45, 7) is 2.05. The van der Waals surface area contributed by atoms with Gasteiger partial charge in [-0.2, -0.15) is 8.42 Å². The van der Waals surface area contributed by atoms with Crippen molar-refractivity contribution >= 4 is 20.2 Å². The second-order valence-electron chi connectivity index (χ2n) is 6.50. The molecule has 154 valence electrons. The summed E-state index contributed by atoms with van der Waals surface area (Å²) >= 11 is 0. The number of benzene rings is 2. The van der Waals surface area contributed by atoms with Crippen molar-refractivity contribution in [1.82, 2.24) is 0 Å². The topological polar surface area (TPSA) is 101 Å². The van der Waals surface area contributed by atoms with E-state index in [0.29, 0.717) is 12.0 Å². The van der Waals surface area contributed by atoms with Gasteiger partial charge in [-0.3, -0.25) is 4.18 Å². The fourth-order valence-electron chi connectivity index (χ4n) is 2.93. The Morgan fingerprint density at radius 1 is 0.828 bits per heavy atom. The Morgan fingerprint density at radius 3 is 2.07 bits per heavy atom. The van der Waals surface area contributed by atoms with Gasteiger partial charge >= 0.3 is 29.6 Å². The summed E-state index contributed by atoms with van der Waals surface area (Å²) in [6.07, 6.45) is 5.68. The van der Waals surface area contributed by atoms with E-state index < -0.39 is 30.0 Å². The van der Waals surface area contributed by atoms with Crippen LogP contribution in [-0.2, 0) is 24.4 Å². The van der Waals surface area contributed by atoms with Crippen LogP contribution in [0.5, 0.6) is 0 Å². The first-order valence-corrected chi connectivity index (χ1v) is 12.1. The zero-order valence-electron chi connectivity index (χ0n) is 16.8. The van der Waals surface area contributed by atoms with E-state index in [1.165, 1.54) is 12.1 Å². The third-order valence-electron chi connectivity index (χ3n) is 4.32. The van der Waals surface area contributed by atoms with Gasteiger partial charge in [0.1, 0.15) is 15.0 Å². The molecule has 0 spiro atoms. The molecular formula is C20H25NaO6S2. The summed E-state index contributed by atoms with van der Waals surface area (Å²) in [5.74, 6) is 0. The molecule has 0 aromatic heterocycles. The van der Waals surface area contributed by atoms with E-state index in [0.717, 1.165) is 38.2 Å². The Kier molecular flexibility index (Phi) is 11.1. The maximum atomic E-state index is 12.8. The SMILES string of the molecule is CCCCCCCCOS(=O)(=O)c1c(-c2ccccc2)cccc1S(=O)(=O)[O-].[Na+]. The largest absolute Gasteiger partial charge is 1.00 e. The molecular weight excluding hydrogens is 423 g/mol. The average Bonchev–Trinajstić information content (AvgIpc) is 2.66. The Bertz CT molecular complexity index is 973. The normalized spacial score (nSPS) is 11.8. The third kappa shape index (κ3) is 7.79. The molecule has 0 saturated carbocycles. The van der Waals surface area contributed by atoms with E-state index in [4.69, 9.17) is 4.18 Å². The fraction of sp³-hybridized carbons (Fsp3) is 0.400. The first kappa shape index (κ1) is 26.3. The average molecular weight is 449 g/mol. The fourth-order valence-corrected chi connectivity index (χ4v) is 5.34. The van der Waals surface area contributed by atoms with Gasteiger partial charge in [-0.05, 0) is 18.1 Å². The molecule has 0 N–H and O–H groups in total. The van der Waals surface area contributed by atoms with Crippen molar-refractivity contribution in [3.8, 4) is 11.1 Å². The van der Waals surface area contributed by atoms with E-state index in [9.17, 15) is 21.4 Å². The van der Waals surface area contributed by atoms with Crippen LogP contribution < -0.4 is 29.6 Å². The molecule has 0 unspecified atom stereocenters. The summed E-state index contributed by atoms with van der Waals surface area (Å²) < 4.78 is 65.8. The van der Waals surface area contributed by atoms with Crippen LogP contribution in [0.1, 0.15) is 45.4 Å². The van der Waals surface area contributed by atoms with Crippen molar-refractivity contribution in [1.29, 1.82) is 0 Å². The molecule has 0 atom stereocenters. The molecule has 0 fully saturated rings. The standard InChI is InChI=1S/C20H26O6S2.Na/c1-2-3-4-5-6-10-16-26-28(24,25)20-18(17-12-8-7-9-13-17)14-11-15-19(20)27(21,22)23;/h7-9,11-15H,2-6,10,16H2,1H3,(H,21,22,23);/q;+1/p-1. The second-order valence-corrected chi connectivity index (χ2v) is 9.40. The van der Waals surface area contributed by atoms with Crippen molar-refractivity contribution in [3.63, 3.8) is 0 Å². The van der Waals surface area contributed by atoms with Crippen LogP contribution in [0.4, 0.5) is 0 Å². The van der Waals surface area contributed by atoms with Crippen molar-refractivity contribution in [2.75, 3.05) is 6.61 Å². The first-order valence-electron chi connectivity index (χ1n) is 9.31. The summed E-state index contributed by atoms with van der Waals surface area (Å²) in [4.78, 5) is -1.39.